The molecule has 1 fully saturated rings. The monoisotopic (exact) mass is 292 g/mol. The molecule has 1 aromatic carbocycles. The smallest absolute Gasteiger partial charge is 0.123 e. The number of methoxy groups -OCH3 is 2. The van der Waals surface area contributed by atoms with Gasteiger partial charge in [0.15, 0.2) is 0 Å². The molecule has 0 bridgehead atoms. The van der Waals surface area contributed by atoms with Gasteiger partial charge in [0.05, 0.1) is 13.7 Å². The summed E-state index contributed by atoms with van der Waals surface area (Å²) in [5.41, 5.74) is 8.17. The molecule has 2 rings (SSSR count). The van der Waals surface area contributed by atoms with Crippen molar-refractivity contribution in [2.75, 3.05) is 27.4 Å². The molecule has 1 aliphatic carbocycles. The topological polar surface area (TPSA) is 47.7 Å². The van der Waals surface area contributed by atoms with Gasteiger partial charge in [0.2, 0.25) is 0 Å². The zero-order chi connectivity index (χ0) is 15.2. The highest BCUT2D eigenvalue weighted by Crippen LogP contribution is 2.35. The van der Waals surface area contributed by atoms with Crippen LogP contribution in [0.2, 0.25) is 0 Å². The van der Waals surface area contributed by atoms with Crippen molar-refractivity contribution in [3.8, 4) is 5.75 Å². The number of benzene rings is 1. The third-order valence-corrected chi connectivity index (χ3v) is 4.41. The first-order chi connectivity index (χ1) is 10.2. The fourth-order valence-corrected chi connectivity index (χ4v) is 2.84. The van der Waals surface area contributed by atoms with E-state index in [9.17, 15) is 0 Å². The summed E-state index contributed by atoms with van der Waals surface area (Å²) in [6.45, 7) is 5.53. The second kappa shape index (κ2) is 7.78. The highest BCUT2D eigenvalue weighted by Gasteiger charge is 2.31. The van der Waals surface area contributed by atoms with Gasteiger partial charge in [-0.3, -0.25) is 4.90 Å². The summed E-state index contributed by atoms with van der Waals surface area (Å²) in [7, 11) is 3.45. The van der Waals surface area contributed by atoms with Crippen molar-refractivity contribution in [1.29, 1.82) is 0 Å². The van der Waals surface area contributed by atoms with Crippen LogP contribution in [0.15, 0.2) is 18.2 Å². The van der Waals surface area contributed by atoms with Crippen LogP contribution in [0.4, 0.5) is 0 Å². The van der Waals surface area contributed by atoms with Crippen LogP contribution in [0, 0.1) is 5.92 Å². The van der Waals surface area contributed by atoms with E-state index in [1.807, 2.05) is 6.07 Å². The van der Waals surface area contributed by atoms with Crippen molar-refractivity contribution in [1.82, 2.24) is 4.90 Å². The lowest BCUT2D eigenvalue weighted by Gasteiger charge is -2.29. The van der Waals surface area contributed by atoms with Gasteiger partial charge in [0, 0.05) is 38.3 Å². The SMILES string of the molecule is COCCN(Cc1ccc(OC)c(CN)c1)C(C)C1CC1. The van der Waals surface area contributed by atoms with Crippen LogP contribution in [0.3, 0.4) is 0 Å². The summed E-state index contributed by atoms with van der Waals surface area (Å²) in [5, 5.41) is 0. The Morgan fingerprint density at radius 3 is 2.67 bits per heavy atom. The highest BCUT2D eigenvalue weighted by atomic mass is 16.5. The molecule has 0 spiro atoms. The van der Waals surface area contributed by atoms with Crippen molar-refractivity contribution in [2.24, 2.45) is 11.7 Å². The van der Waals surface area contributed by atoms with E-state index in [0.717, 1.165) is 36.9 Å². The fourth-order valence-electron chi connectivity index (χ4n) is 2.84. The second-order valence-electron chi connectivity index (χ2n) is 5.89. The minimum atomic E-state index is 0.507. The van der Waals surface area contributed by atoms with Gasteiger partial charge in [-0.15, -0.1) is 0 Å². The van der Waals surface area contributed by atoms with Crippen molar-refractivity contribution in [3.63, 3.8) is 0 Å². The first kappa shape index (κ1) is 16.3. The third kappa shape index (κ3) is 4.43. The van der Waals surface area contributed by atoms with Gasteiger partial charge in [-0.1, -0.05) is 6.07 Å². The average Bonchev–Trinajstić information content (AvgIpc) is 3.35. The Labute approximate surface area is 128 Å². The minimum Gasteiger partial charge on any atom is -0.496 e. The first-order valence-corrected chi connectivity index (χ1v) is 7.78. The first-order valence-electron chi connectivity index (χ1n) is 7.78. The summed E-state index contributed by atoms with van der Waals surface area (Å²) in [6.07, 6.45) is 2.72. The maximum absolute atomic E-state index is 5.81. The molecule has 0 heterocycles. The van der Waals surface area contributed by atoms with Crippen LogP contribution in [0.1, 0.15) is 30.9 Å². The molecule has 1 aromatic rings. The molecule has 0 saturated heterocycles. The normalized spacial score (nSPS) is 16.2. The standard InChI is InChI=1S/C17H28N2O2/c1-13(15-5-6-15)19(8-9-20-2)12-14-4-7-17(21-3)16(10-14)11-18/h4,7,10,13,15H,5-6,8-9,11-12,18H2,1-3H3. The number of hydrogen-bond acceptors (Lipinski definition) is 4. The van der Waals surface area contributed by atoms with E-state index in [4.69, 9.17) is 15.2 Å². The maximum Gasteiger partial charge on any atom is 0.123 e. The van der Waals surface area contributed by atoms with Crippen molar-refractivity contribution >= 4 is 0 Å². The summed E-state index contributed by atoms with van der Waals surface area (Å²) in [4.78, 5) is 2.52. The summed E-state index contributed by atoms with van der Waals surface area (Å²) < 4.78 is 10.6. The van der Waals surface area contributed by atoms with Crippen LogP contribution in [0.25, 0.3) is 0 Å². The lowest BCUT2D eigenvalue weighted by atomic mass is 10.1. The molecule has 21 heavy (non-hydrogen) atoms. The number of nitrogens with two attached hydrogens (primary N) is 1. The minimum absolute atomic E-state index is 0.507. The van der Waals surface area contributed by atoms with E-state index >= 15 is 0 Å². The van der Waals surface area contributed by atoms with Crippen LogP contribution >= 0.6 is 0 Å². The average molecular weight is 292 g/mol. The molecular weight excluding hydrogens is 264 g/mol. The molecule has 0 aromatic heterocycles. The number of hydrogen-bond donors (Lipinski definition) is 1. The summed E-state index contributed by atoms with van der Waals surface area (Å²) in [6, 6.07) is 6.94. The number of ether oxygens (including phenoxy) is 2. The summed E-state index contributed by atoms with van der Waals surface area (Å²) >= 11 is 0. The van der Waals surface area contributed by atoms with Gasteiger partial charge in [0.25, 0.3) is 0 Å². The molecule has 1 unspecified atom stereocenters. The van der Waals surface area contributed by atoms with Gasteiger partial charge in [-0.2, -0.15) is 0 Å². The Hall–Kier alpha value is -1.10. The summed E-state index contributed by atoms with van der Waals surface area (Å²) in [5.74, 6) is 1.73. The fraction of sp³-hybridized carbons (Fsp3) is 0.647. The zero-order valence-corrected chi connectivity index (χ0v) is 13.5. The van der Waals surface area contributed by atoms with Gasteiger partial charge >= 0.3 is 0 Å². The predicted molar refractivity (Wildman–Crippen MR) is 85.4 cm³/mol. The van der Waals surface area contributed by atoms with E-state index in [1.165, 1.54) is 18.4 Å². The van der Waals surface area contributed by atoms with Crippen LogP contribution in [-0.2, 0) is 17.8 Å². The van der Waals surface area contributed by atoms with Crippen LogP contribution in [0.5, 0.6) is 5.75 Å². The van der Waals surface area contributed by atoms with Crippen molar-refractivity contribution in [2.45, 2.75) is 38.9 Å². The maximum atomic E-state index is 5.81. The van der Waals surface area contributed by atoms with E-state index in [-0.39, 0.29) is 0 Å². The molecule has 2 N–H and O–H groups in total. The Kier molecular flexibility index (Phi) is 6.03. The lowest BCUT2D eigenvalue weighted by molar-refractivity contribution is 0.111. The highest BCUT2D eigenvalue weighted by molar-refractivity contribution is 5.37. The largest absolute Gasteiger partial charge is 0.496 e. The molecular formula is C17H28N2O2. The Morgan fingerprint density at radius 2 is 2.10 bits per heavy atom. The van der Waals surface area contributed by atoms with Gasteiger partial charge < -0.3 is 15.2 Å². The molecule has 0 aliphatic heterocycles. The molecule has 4 nitrogen and oxygen atoms in total. The van der Waals surface area contributed by atoms with E-state index < -0.39 is 0 Å². The van der Waals surface area contributed by atoms with E-state index in [1.54, 1.807) is 14.2 Å². The van der Waals surface area contributed by atoms with E-state index in [2.05, 4.69) is 24.0 Å². The quantitative estimate of drug-likeness (QED) is 0.759. The number of nitrogens with zero attached hydrogens (tertiary/aromatic N) is 1. The van der Waals surface area contributed by atoms with Crippen LogP contribution in [-0.4, -0.2) is 38.3 Å². The Morgan fingerprint density at radius 1 is 1.33 bits per heavy atom. The number of rotatable bonds is 9. The van der Waals surface area contributed by atoms with Crippen molar-refractivity contribution in [3.05, 3.63) is 29.3 Å². The predicted octanol–water partition coefficient (Wildman–Crippen LogP) is 2.40. The van der Waals surface area contributed by atoms with Crippen molar-refractivity contribution < 1.29 is 9.47 Å². The van der Waals surface area contributed by atoms with Gasteiger partial charge in [-0.25, -0.2) is 0 Å². The molecule has 1 aliphatic rings. The second-order valence-corrected chi connectivity index (χ2v) is 5.89. The van der Waals surface area contributed by atoms with Gasteiger partial charge in [-0.05, 0) is 43.4 Å². The Balaban J connectivity index is 2.07. The Bertz CT molecular complexity index is 446. The molecule has 1 atom stereocenters. The van der Waals surface area contributed by atoms with Gasteiger partial charge in [0.1, 0.15) is 5.75 Å². The molecule has 0 amide bonds. The third-order valence-electron chi connectivity index (χ3n) is 4.41. The molecule has 4 heteroatoms. The molecule has 1 saturated carbocycles. The molecule has 0 radical (unpaired) electrons. The zero-order valence-electron chi connectivity index (χ0n) is 13.5. The lowest BCUT2D eigenvalue weighted by Crippen LogP contribution is -2.36. The molecule has 118 valence electrons. The van der Waals surface area contributed by atoms with E-state index in [0.29, 0.717) is 12.6 Å². The van der Waals surface area contributed by atoms with Crippen LogP contribution < -0.4 is 10.5 Å².